The van der Waals surface area contributed by atoms with Crippen LogP contribution in [0.3, 0.4) is 0 Å². The van der Waals surface area contributed by atoms with Crippen LogP contribution >= 0.6 is 0 Å². The van der Waals surface area contributed by atoms with E-state index in [1.807, 2.05) is 20.8 Å². The minimum absolute atomic E-state index is 0.148. The van der Waals surface area contributed by atoms with Crippen LogP contribution in [0.5, 0.6) is 0 Å². The molecule has 1 fully saturated rings. The summed E-state index contributed by atoms with van der Waals surface area (Å²) in [5.41, 5.74) is 2.33. The molecule has 90 valence electrons. The second-order valence-corrected chi connectivity index (χ2v) is 4.44. The molecule has 1 heterocycles. The Kier molecular flexibility index (Phi) is 4.48. The molecule has 4 N–H and O–H groups in total. The number of hydrogen-bond acceptors (Lipinski definition) is 5. The van der Waals surface area contributed by atoms with Gasteiger partial charge >= 0.3 is 0 Å². The van der Waals surface area contributed by atoms with E-state index in [-0.39, 0.29) is 5.92 Å². The van der Waals surface area contributed by atoms with Gasteiger partial charge in [-0.25, -0.2) is 0 Å². The van der Waals surface area contributed by atoms with Gasteiger partial charge < -0.3 is 15.3 Å². The zero-order valence-electron chi connectivity index (χ0n) is 9.42. The van der Waals surface area contributed by atoms with E-state index in [1.54, 1.807) is 0 Å². The molecule has 4 unspecified atom stereocenters. The highest BCUT2D eigenvalue weighted by Crippen LogP contribution is 2.27. The Labute approximate surface area is 90.0 Å². The quantitative estimate of drug-likeness (QED) is 0.520. The van der Waals surface area contributed by atoms with Crippen LogP contribution in [0.1, 0.15) is 27.2 Å². The molecule has 0 aromatic heterocycles. The molecule has 0 aromatic carbocycles. The normalized spacial score (nSPS) is 39.4. The molecule has 0 aliphatic carbocycles. The topological polar surface area (TPSA) is 82.0 Å². The smallest absolute Gasteiger partial charge is 0.155 e. The molecule has 15 heavy (non-hydrogen) atoms. The van der Waals surface area contributed by atoms with E-state index in [2.05, 4.69) is 5.48 Å². The predicted molar refractivity (Wildman–Crippen MR) is 54.6 cm³/mol. The minimum Gasteiger partial charge on any atom is -0.387 e. The van der Waals surface area contributed by atoms with Crippen molar-refractivity contribution in [3.8, 4) is 0 Å². The Morgan fingerprint density at radius 2 is 1.80 bits per heavy atom. The van der Waals surface area contributed by atoms with Gasteiger partial charge in [0.15, 0.2) is 6.23 Å². The van der Waals surface area contributed by atoms with Crippen LogP contribution in [0, 0.1) is 11.8 Å². The maximum atomic E-state index is 9.78. The third-order valence-corrected chi connectivity index (χ3v) is 3.08. The highest BCUT2D eigenvalue weighted by Gasteiger charge is 2.41. The van der Waals surface area contributed by atoms with Crippen molar-refractivity contribution in [3.05, 3.63) is 0 Å². The van der Waals surface area contributed by atoms with Crippen LogP contribution in [-0.2, 0) is 4.84 Å². The van der Waals surface area contributed by atoms with Gasteiger partial charge in [0, 0.05) is 0 Å². The van der Waals surface area contributed by atoms with Crippen molar-refractivity contribution in [2.24, 2.45) is 11.8 Å². The first-order valence-corrected chi connectivity index (χ1v) is 5.44. The lowest BCUT2D eigenvalue weighted by molar-refractivity contribution is -0.252. The lowest BCUT2D eigenvalue weighted by atomic mass is 9.83. The van der Waals surface area contributed by atoms with Crippen molar-refractivity contribution in [2.45, 2.75) is 51.7 Å². The zero-order valence-corrected chi connectivity index (χ0v) is 9.42. The van der Waals surface area contributed by atoms with E-state index in [0.29, 0.717) is 5.92 Å². The number of aliphatic hydroxyl groups excluding tert-OH is 3. The van der Waals surface area contributed by atoms with Crippen LogP contribution in [-0.4, -0.2) is 39.9 Å². The molecule has 5 nitrogen and oxygen atoms in total. The molecule has 1 aliphatic rings. The highest BCUT2D eigenvalue weighted by molar-refractivity contribution is 4.88. The van der Waals surface area contributed by atoms with E-state index in [9.17, 15) is 15.3 Å². The average Bonchev–Trinajstić information content (AvgIpc) is 2.18. The fourth-order valence-corrected chi connectivity index (χ4v) is 2.09. The molecule has 5 heteroatoms. The lowest BCUT2D eigenvalue weighted by Crippen LogP contribution is -2.60. The molecule has 1 rings (SSSR count). The van der Waals surface area contributed by atoms with Crippen molar-refractivity contribution in [2.75, 3.05) is 0 Å². The van der Waals surface area contributed by atoms with Crippen molar-refractivity contribution in [1.82, 2.24) is 5.48 Å². The van der Waals surface area contributed by atoms with E-state index >= 15 is 0 Å². The molecule has 0 radical (unpaired) electrons. The monoisotopic (exact) mass is 219 g/mol. The minimum atomic E-state index is -1.22. The fourth-order valence-electron chi connectivity index (χ4n) is 2.09. The Morgan fingerprint density at radius 3 is 2.27 bits per heavy atom. The molecule has 0 spiro atoms. The second-order valence-electron chi connectivity index (χ2n) is 4.44. The van der Waals surface area contributed by atoms with Gasteiger partial charge in [-0.3, -0.25) is 4.84 Å². The van der Waals surface area contributed by atoms with E-state index in [1.165, 1.54) is 0 Å². The number of aliphatic hydroxyl groups is 3. The maximum absolute atomic E-state index is 9.78. The highest BCUT2D eigenvalue weighted by atomic mass is 16.7. The summed E-state index contributed by atoms with van der Waals surface area (Å²) in [5, 5.41) is 28.5. The molecule has 5 atom stereocenters. The van der Waals surface area contributed by atoms with Crippen molar-refractivity contribution in [3.63, 3.8) is 0 Å². The Morgan fingerprint density at radius 1 is 1.20 bits per heavy atom. The summed E-state index contributed by atoms with van der Waals surface area (Å²) in [6, 6.07) is 0. The number of hydrogen-bond donors (Lipinski definition) is 4. The molecule has 1 aliphatic heterocycles. The first-order chi connectivity index (χ1) is 6.99. The van der Waals surface area contributed by atoms with E-state index in [4.69, 9.17) is 4.84 Å². The molecular formula is C10H21NO4. The number of rotatable bonds is 3. The van der Waals surface area contributed by atoms with Gasteiger partial charge in [0.25, 0.3) is 0 Å². The van der Waals surface area contributed by atoms with Crippen molar-refractivity contribution < 1.29 is 20.2 Å². The van der Waals surface area contributed by atoms with Crippen LogP contribution in [0.25, 0.3) is 0 Å². The standard InChI is InChI=1S/C10H21NO4/c1-4-6(5(2)3)9-7(12)8(13)10(14)11-15-9/h5-14H,4H2,1-3H3/t6?,7-,8?,9?,10?/m0/s1. The lowest BCUT2D eigenvalue weighted by Gasteiger charge is -2.40. The van der Waals surface area contributed by atoms with Gasteiger partial charge in [-0.15, -0.1) is 0 Å². The average molecular weight is 219 g/mol. The molecule has 0 bridgehead atoms. The van der Waals surface area contributed by atoms with Gasteiger partial charge in [-0.1, -0.05) is 27.2 Å². The second kappa shape index (κ2) is 5.23. The van der Waals surface area contributed by atoms with Gasteiger partial charge in [0.05, 0.1) is 0 Å². The number of hydroxylamine groups is 1. The molecule has 1 saturated heterocycles. The van der Waals surface area contributed by atoms with Gasteiger partial charge in [0.2, 0.25) is 0 Å². The van der Waals surface area contributed by atoms with Crippen LogP contribution in [0.2, 0.25) is 0 Å². The Hall–Kier alpha value is -0.200. The van der Waals surface area contributed by atoms with E-state index < -0.39 is 24.5 Å². The van der Waals surface area contributed by atoms with Gasteiger partial charge in [0.1, 0.15) is 18.3 Å². The fraction of sp³-hybridized carbons (Fsp3) is 1.00. The Bertz CT molecular complexity index is 200. The SMILES string of the molecule is CCC(C(C)C)C1ONC(O)C(O)[C@@H]1O. The summed E-state index contributed by atoms with van der Waals surface area (Å²) < 4.78 is 0. The maximum Gasteiger partial charge on any atom is 0.155 e. The van der Waals surface area contributed by atoms with Gasteiger partial charge in [-0.2, -0.15) is 5.48 Å². The van der Waals surface area contributed by atoms with Crippen molar-refractivity contribution in [1.29, 1.82) is 0 Å². The predicted octanol–water partition coefficient (Wildman–Crippen LogP) is -0.388. The molecular weight excluding hydrogens is 198 g/mol. The van der Waals surface area contributed by atoms with E-state index in [0.717, 1.165) is 6.42 Å². The molecule has 0 amide bonds. The Balaban J connectivity index is 2.69. The summed E-state index contributed by atoms with van der Waals surface area (Å²) >= 11 is 0. The largest absolute Gasteiger partial charge is 0.387 e. The molecule has 0 aromatic rings. The van der Waals surface area contributed by atoms with Crippen molar-refractivity contribution >= 4 is 0 Å². The molecule has 0 saturated carbocycles. The summed E-state index contributed by atoms with van der Waals surface area (Å²) in [6.07, 6.45) is -3.09. The summed E-state index contributed by atoms with van der Waals surface area (Å²) in [6.45, 7) is 6.10. The van der Waals surface area contributed by atoms with Gasteiger partial charge in [-0.05, 0) is 11.8 Å². The van der Waals surface area contributed by atoms with Crippen LogP contribution in [0.4, 0.5) is 0 Å². The van der Waals surface area contributed by atoms with Crippen LogP contribution in [0.15, 0.2) is 0 Å². The third kappa shape index (κ3) is 2.68. The summed E-state index contributed by atoms with van der Waals surface area (Å²) in [4.78, 5) is 5.18. The third-order valence-electron chi connectivity index (χ3n) is 3.08. The van der Waals surface area contributed by atoms with Crippen LogP contribution < -0.4 is 5.48 Å². The first kappa shape index (κ1) is 12.9. The number of nitrogens with one attached hydrogen (secondary N) is 1. The summed E-state index contributed by atoms with van der Waals surface area (Å²) in [5.74, 6) is 0.494. The first-order valence-electron chi connectivity index (χ1n) is 5.44. The zero-order chi connectivity index (χ0) is 11.6. The summed E-state index contributed by atoms with van der Waals surface area (Å²) in [7, 11) is 0.